The number of hydrogen-bond donors (Lipinski definition) is 1. The maximum absolute atomic E-state index is 13.4. The highest BCUT2D eigenvalue weighted by atomic mass is 35.5. The highest BCUT2D eigenvalue weighted by Crippen LogP contribution is 2.37. The van der Waals surface area contributed by atoms with Crippen LogP contribution >= 0.6 is 11.6 Å². The predicted molar refractivity (Wildman–Crippen MR) is 54.5 cm³/mol. The van der Waals surface area contributed by atoms with Crippen molar-refractivity contribution >= 4 is 23.1 Å². The SMILES string of the molecule is NC(CCl)=Nc1cc2c(cc1F)OCO2. The molecule has 0 aromatic heterocycles. The van der Waals surface area contributed by atoms with Crippen LogP contribution in [0.15, 0.2) is 17.1 Å². The van der Waals surface area contributed by atoms with E-state index in [1.165, 1.54) is 12.1 Å². The molecule has 1 aliphatic rings. The zero-order valence-corrected chi connectivity index (χ0v) is 8.42. The molecule has 1 aliphatic heterocycles. The number of aliphatic imine (C=N–C) groups is 1. The van der Waals surface area contributed by atoms with Crippen LogP contribution in [0.1, 0.15) is 0 Å². The third-order valence-corrected chi connectivity index (χ3v) is 2.12. The van der Waals surface area contributed by atoms with Crippen molar-refractivity contribution in [1.82, 2.24) is 0 Å². The van der Waals surface area contributed by atoms with Gasteiger partial charge in [0.25, 0.3) is 0 Å². The number of ether oxygens (including phenoxy) is 2. The Bertz CT molecular complexity index is 423. The summed E-state index contributed by atoms with van der Waals surface area (Å²) in [5.74, 6) is 0.503. The summed E-state index contributed by atoms with van der Waals surface area (Å²) < 4.78 is 23.5. The quantitative estimate of drug-likeness (QED) is 0.479. The lowest BCUT2D eigenvalue weighted by Gasteiger charge is -2.01. The maximum Gasteiger partial charge on any atom is 0.231 e. The highest BCUT2D eigenvalue weighted by molar-refractivity contribution is 6.28. The van der Waals surface area contributed by atoms with Crippen molar-refractivity contribution in [2.75, 3.05) is 12.7 Å². The molecule has 0 radical (unpaired) electrons. The Kier molecular flexibility index (Phi) is 2.64. The van der Waals surface area contributed by atoms with Crippen molar-refractivity contribution in [2.24, 2.45) is 10.7 Å². The first kappa shape index (κ1) is 10.0. The Morgan fingerprint density at radius 1 is 1.47 bits per heavy atom. The molecule has 0 saturated heterocycles. The minimum atomic E-state index is -0.521. The summed E-state index contributed by atoms with van der Waals surface area (Å²) in [7, 11) is 0. The third-order valence-electron chi connectivity index (χ3n) is 1.84. The summed E-state index contributed by atoms with van der Waals surface area (Å²) in [4.78, 5) is 3.81. The van der Waals surface area contributed by atoms with Gasteiger partial charge < -0.3 is 15.2 Å². The molecule has 1 aromatic carbocycles. The zero-order chi connectivity index (χ0) is 10.8. The molecule has 6 heteroatoms. The minimum Gasteiger partial charge on any atom is -0.454 e. The van der Waals surface area contributed by atoms with Crippen molar-refractivity contribution in [2.45, 2.75) is 0 Å². The van der Waals surface area contributed by atoms with E-state index >= 15 is 0 Å². The summed E-state index contributed by atoms with van der Waals surface area (Å²) in [6.07, 6.45) is 0. The molecule has 1 heterocycles. The first-order valence-electron chi connectivity index (χ1n) is 4.19. The average molecular weight is 231 g/mol. The van der Waals surface area contributed by atoms with Crippen LogP contribution < -0.4 is 15.2 Å². The van der Waals surface area contributed by atoms with Crippen LogP contribution in [0.2, 0.25) is 0 Å². The molecule has 15 heavy (non-hydrogen) atoms. The lowest BCUT2D eigenvalue weighted by atomic mass is 10.2. The van der Waals surface area contributed by atoms with E-state index in [0.717, 1.165) is 0 Å². The fraction of sp³-hybridized carbons (Fsp3) is 0.222. The molecule has 2 rings (SSSR count). The van der Waals surface area contributed by atoms with Gasteiger partial charge in [0.15, 0.2) is 17.3 Å². The molecule has 1 aromatic rings. The minimum absolute atomic E-state index is 0.0495. The van der Waals surface area contributed by atoms with Gasteiger partial charge >= 0.3 is 0 Å². The van der Waals surface area contributed by atoms with E-state index in [0.29, 0.717) is 11.5 Å². The number of alkyl halides is 1. The standard InChI is InChI=1S/C9H8ClFN2O2/c10-3-9(12)13-6-2-8-7(1-5(6)11)14-4-15-8/h1-2H,3-4H2,(H2,12,13). The second-order valence-corrected chi connectivity index (χ2v) is 3.16. The Balaban J connectivity index is 2.41. The molecule has 0 saturated carbocycles. The van der Waals surface area contributed by atoms with Gasteiger partial charge in [0, 0.05) is 12.1 Å². The smallest absolute Gasteiger partial charge is 0.231 e. The number of amidine groups is 1. The zero-order valence-electron chi connectivity index (χ0n) is 7.67. The van der Waals surface area contributed by atoms with Crippen LogP contribution in [0, 0.1) is 5.82 Å². The van der Waals surface area contributed by atoms with E-state index in [1.54, 1.807) is 0 Å². The Hall–Kier alpha value is -1.49. The van der Waals surface area contributed by atoms with E-state index in [9.17, 15) is 4.39 Å². The van der Waals surface area contributed by atoms with Crippen molar-refractivity contribution in [3.05, 3.63) is 17.9 Å². The lowest BCUT2D eigenvalue weighted by Crippen LogP contribution is -2.12. The van der Waals surface area contributed by atoms with Crippen molar-refractivity contribution in [3.8, 4) is 11.5 Å². The van der Waals surface area contributed by atoms with E-state index in [-0.39, 0.29) is 24.2 Å². The summed E-state index contributed by atoms with van der Waals surface area (Å²) >= 11 is 5.44. The second-order valence-electron chi connectivity index (χ2n) is 2.89. The number of benzene rings is 1. The molecule has 0 bridgehead atoms. The first-order valence-corrected chi connectivity index (χ1v) is 4.72. The van der Waals surface area contributed by atoms with E-state index in [4.69, 9.17) is 26.8 Å². The van der Waals surface area contributed by atoms with Crippen LogP contribution in [-0.4, -0.2) is 18.5 Å². The van der Waals surface area contributed by atoms with Crippen LogP contribution in [0.4, 0.5) is 10.1 Å². The topological polar surface area (TPSA) is 56.8 Å². The van der Waals surface area contributed by atoms with Crippen LogP contribution in [-0.2, 0) is 0 Å². The van der Waals surface area contributed by atoms with Crippen LogP contribution in [0.3, 0.4) is 0 Å². The van der Waals surface area contributed by atoms with E-state index < -0.39 is 5.82 Å². The summed E-state index contributed by atoms with van der Waals surface area (Å²) in [6.45, 7) is 0.0902. The second kappa shape index (κ2) is 3.94. The van der Waals surface area contributed by atoms with Gasteiger partial charge in [-0.2, -0.15) is 0 Å². The van der Waals surface area contributed by atoms with Crippen molar-refractivity contribution in [1.29, 1.82) is 0 Å². The summed E-state index contributed by atoms with van der Waals surface area (Å²) in [5.41, 5.74) is 5.49. The molecule has 0 atom stereocenters. The fourth-order valence-corrected chi connectivity index (χ4v) is 1.24. The van der Waals surface area contributed by atoms with Gasteiger partial charge in [-0.15, -0.1) is 11.6 Å². The predicted octanol–water partition coefficient (Wildman–Crippen LogP) is 1.78. The monoisotopic (exact) mass is 230 g/mol. The maximum atomic E-state index is 13.4. The fourth-order valence-electron chi connectivity index (χ4n) is 1.18. The molecular weight excluding hydrogens is 223 g/mol. The van der Waals surface area contributed by atoms with Gasteiger partial charge in [-0.1, -0.05) is 0 Å². The number of rotatable bonds is 2. The van der Waals surface area contributed by atoms with E-state index in [1.807, 2.05) is 0 Å². The van der Waals surface area contributed by atoms with Gasteiger partial charge in [0.2, 0.25) is 6.79 Å². The number of nitrogens with two attached hydrogens (primary N) is 1. The molecule has 80 valence electrons. The highest BCUT2D eigenvalue weighted by Gasteiger charge is 2.17. The van der Waals surface area contributed by atoms with Gasteiger partial charge in [-0.3, -0.25) is 0 Å². The van der Waals surface area contributed by atoms with Crippen molar-refractivity contribution < 1.29 is 13.9 Å². The van der Waals surface area contributed by atoms with Gasteiger partial charge in [-0.05, 0) is 0 Å². The molecule has 2 N–H and O–H groups in total. The normalized spacial score (nSPS) is 14.4. The Labute approximate surface area is 90.5 Å². The molecule has 0 spiro atoms. The lowest BCUT2D eigenvalue weighted by molar-refractivity contribution is 0.174. The summed E-state index contributed by atoms with van der Waals surface area (Å²) in [6, 6.07) is 2.64. The van der Waals surface area contributed by atoms with Gasteiger partial charge in [0.1, 0.15) is 11.5 Å². The average Bonchev–Trinajstić information content (AvgIpc) is 2.65. The van der Waals surface area contributed by atoms with Crippen LogP contribution in [0.25, 0.3) is 0 Å². The molecule has 0 aliphatic carbocycles. The van der Waals surface area contributed by atoms with Crippen LogP contribution in [0.5, 0.6) is 11.5 Å². The molecule has 4 nitrogen and oxygen atoms in total. The number of halogens is 2. The first-order chi connectivity index (χ1) is 7.20. The van der Waals surface area contributed by atoms with Gasteiger partial charge in [-0.25, -0.2) is 9.38 Å². The summed E-state index contributed by atoms with van der Waals surface area (Å²) in [5, 5.41) is 0. The molecular formula is C9H8ClFN2O2. The van der Waals surface area contributed by atoms with Gasteiger partial charge in [0.05, 0.1) is 5.88 Å². The largest absolute Gasteiger partial charge is 0.454 e. The van der Waals surface area contributed by atoms with E-state index in [2.05, 4.69) is 4.99 Å². The molecule has 0 fully saturated rings. The number of fused-ring (bicyclic) bond motifs is 1. The number of hydrogen-bond acceptors (Lipinski definition) is 3. The molecule has 0 amide bonds. The number of nitrogens with zero attached hydrogens (tertiary/aromatic N) is 1. The third kappa shape index (κ3) is 1.97. The Morgan fingerprint density at radius 3 is 2.80 bits per heavy atom. The molecule has 0 unspecified atom stereocenters. The van der Waals surface area contributed by atoms with Crippen molar-refractivity contribution in [3.63, 3.8) is 0 Å². The Morgan fingerprint density at radius 2 is 2.13 bits per heavy atom.